The predicted molar refractivity (Wildman–Crippen MR) is 75.4 cm³/mol. The Morgan fingerprint density at radius 2 is 2.16 bits per heavy atom. The van der Waals surface area contributed by atoms with E-state index < -0.39 is 0 Å². The molecule has 0 spiro atoms. The number of hydrogen-bond acceptors (Lipinski definition) is 2. The number of fused-ring (bicyclic) bond motifs is 1. The van der Waals surface area contributed by atoms with Crippen molar-refractivity contribution >= 4 is 10.9 Å². The summed E-state index contributed by atoms with van der Waals surface area (Å²) >= 11 is 0. The van der Waals surface area contributed by atoms with Gasteiger partial charge in [0, 0.05) is 42.3 Å². The Labute approximate surface area is 112 Å². The van der Waals surface area contributed by atoms with Crippen LogP contribution in [0.5, 0.6) is 0 Å². The number of benzene rings is 1. The first-order chi connectivity index (χ1) is 9.10. The summed E-state index contributed by atoms with van der Waals surface area (Å²) in [4.78, 5) is 2.21. The molecule has 4 heteroatoms. The van der Waals surface area contributed by atoms with Crippen molar-refractivity contribution in [1.29, 1.82) is 0 Å². The molecule has 3 nitrogen and oxygen atoms in total. The topological polar surface area (TPSA) is 34.2 Å². The summed E-state index contributed by atoms with van der Waals surface area (Å²) in [5.41, 5.74) is 7.63. The van der Waals surface area contributed by atoms with Gasteiger partial charge in [0.05, 0.1) is 0 Å². The molecule has 1 aliphatic heterocycles. The molecule has 2 unspecified atom stereocenters. The molecule has 0 amide bonds. The molecule has 1 aliphatic rings. The SMILES string of the molecule is CN1CC(CN)CC1c1cc2c(ccn2C)cc1F. The van der Waals surface area contributed by atoms with Gasteiger partial charge >= 0.3 is 0 Å². The fraction of sp³-hybridized carbons (Fsp3) is 0.467. The number of rotatable bonds is 2. The average Bonchev–Trinajstić information content (AvgIpc) is 2.92. The van der Waals surface area contributed by atoms with Crippen molar-refractivity contribution in [2.45, 2.75) is 12.5 Å². The van der Waals surface area contributed by atoms with Gasteiger partial charge in [-0.2, -0.15) is 0 Å². The Hall–Kier alpha value is -1.39. The summed E-state index contributed by atoms with van der Waals surface area (Å²) in [5.74, 6) is 0.367. The van der Waals surface area contributed by atoms with Gasteiger partial charge in [0.2, 0.25) is 0 Å². The van der Waals surface area contributed by atoms with E-state index in [0.717, 1.165) is 29.4 Å². The van der Waals surface area contributed by atoms with Crippen molar-refractivity contribution in [2.75, 3.05) is 20.1 Å². The number of nitrogens with two attached hydrogens (primary N) is 1. The lowest BCUT2D eigenvalue weighted by Crippen LogP contribution is -2.21. The molecule has 19 heavy (non-hydrogen) atoms. The molecule has 1 saturated heterocycles. The van der Waals surface area contributed by atoms with Gasteiger partial charge in [-0.3, -0.25) is 4.90 Å². The van der Waals surface area contributed by atoms with Gasteiger partial charge in [0.1, 0.15) is 5.82 Å². The van der Waals surface area contributed by atoms with E-state index in [1.807, 2.05) is 29.9 Å². The Balaban J connectivity index is 2.04. The first kappa shape index (κ1) is 12.6. The molecule has 3 rings (SSSR count). The minimum absolute atomic E-state index is 0.103. The number of likely N-dealkylation sites (tertiary alicyclic amines) is 1. The molecule has 2 aromatic rings. The van der Waals surface area contributed by atoms with E-state index in [1.54, 1.807) is 6.07 Å². The third-order valence-electron chi connectivity index (χ3n) is 4.33. The van der Waals surface area contributed by atoms with E-state index in [0.29, 0.717) is 12.5 Å². The summed E-state index contributed by atoms with van der Waals surface area (Å²) in [7, 11) is 4.04. The number of nitrogens with zero attached hydrogens (tertiary/aromatic N) is 2. The third-order valence-corrected chi connectivity index (χ3v) is 4.33. The summed E-state index contributed by atoms with van der Waals surface area (Å²) in [6.45, 7) is 1.63. The van der Waals surface area contributed by atoms with Crippen molar-refractivity contribution in [3.05, 3.63) is 35.8 Å². The lowest BCUT2D eigenvalue weighted by atomic mass is 9.98. The lowest BCUT2D eigenvalue weighted by Gasteiger charge is -2.20. The maximum atomic E-state index is 14.3. The zero-order valence-electron chi connectivity index (χ0n) is 11.4. The molecule has 2 heterocycles. The summed E-state index contributed by atoms with van der Waals surface area (Å²) < 4.78 is 16.4. The molecule has 1 fully saturated rings. The quantitative estimate of drug-likeness (QED) is 0.900. The monoisotopic (exact) mass is 261 g/mol. The van der Waals surface area contributed by atoms with Crippen LogP contribution in [-0.2, 0) is 7.05 Å². The van der Waals surface area contributed by atoms with E-state index >= 15 is 0 Å². The third kappa shape index (κ3) is 2.05. The van der Waals surface area contributed by atoms with Crippen LogP contribution in [0.2, 0.25) is 0 Å². The Kier molecular flexibility index (Phi) is 3.07. The minimum atomic E-state index is -0.103. The normalized spacial score (nSPS) is 24.4. The van der Waals surface area contributed by atoms with Crippen LogP contribution < -0.4 is 5.73 Å². The first-order valence-electron chi connectivity index (χ1n) is 6.75. The van der Waals surface area contributed by atoms with Crippen molar-refractivity contribution in [2.24, 2.45) is 18.7 Å². The summed E-state index contributed by atoms with van der Waals surface area (Å²) in [5, 5.41) is 0.958. The minimum Gasteiger partial charge on any atom is -0.351 e. The maximum absolute atomic E-state index is 14.3. The van der Waals surface area contributed by atoms with Crippen LogP contribution in [0.15, 0.2) is 24.4 Å². The van der Waals surface area contributed by atoms with Crippen molar-refractivity contribution < 1.29 is 4.39 Å². The highest BCUT2D eigenvalue weighted by Gasteiger charge is 2.31. The van der Waals surface area contributed by atoms with E-state index in [4.69, 9.17) is 5.73 Å². The van der Waals surface area contributed by atoms with Gasteiger partial charge < -0.3 is 10.3 Å². The predicted octanol–water partition coefficient (Wildman–Crippen LogP) is 2.27. The van der Waals surface area contributed by atoms with E-state index in [9.17, 15) is 4.39 Å². The van der Waals surface area contributed by atoms with Gasteiger partial charge in [-0.05, 0) is 44.1 Å². The van der Waals surface area contributed by atoms with Gasteiger partial charge in [-0.1, -0.05) is 0 Å². The van der Waals surface area contributed by atoms with Crippen molar-refractivity contribution in [3.63, 3.8) is 0 Å². The van der Waals surface area contributed by atoms with Gasteiger partial charge in [-0.15, -0.1) is 0 Å². The molecule has 0 saturated carbocycles. The largest absolute Gasteiger partial charge is 0.351 e. The summed E-state index contributed by atoms with van der Waals surface area (Å²) in [6, 6.07) is 5.73. The highest BCUT2D eigenvalue weighted by Crippen LogP contribution is 2.36. The number of hydrogen-bond donors (Lipinski definition) is 1. The standard InChI is InChI=1S/C15H20FN3/c1-18-4-3-11-6-13(16)12(7-14(11)18)15-5-10(8-17)9-19(15)2/h3-4,6-7,10,15H,5,8-9,17H2,1-2H3. The second-order valence-electron chi connectivity index (χ2n) is 5.65. The number of halogens is 1. The second-order valence-corrected chi connectivity index (χ2v) is 5.65. The maximum Gasteiger partial charge on any atom is 0.128 e. The van der Waals surface area contributed by atoms with Gasteiger partial charge in [-0.25, -0.2) is 4.39 Å². The molecule has 102 valence electrons. The average molecular weight is 261 g/mol. The molecule has 0 aliphatic carbocycles. The smallest absolute Gasteiger partial charge is 0.128 e. The van der Waals surface area contributed by atoms with Crippen molar-refractivity contribution in [3.8, 4) is 0 Å². The van der Waals surface area contributed by atoms with Crippen LogP contribution in [0, 0.1) is 11.7 Å². The molecule has 0 radical (unpaired) electrons. The Morgan fingerprint density at radius 3 is 2.84 bits per heavy atom. The fourth-order valence-corrected chi connectivity index (χ4v) is 3.20. The lowest BCUT2D eigenvalue weighted by molar-refractivity contribution is 0.307. The number of aromatic nitrogens is 1. The molecule has 2 N–H and O–H groups in total. The van der Waals surface area contributed by atoms with Crippen LogP contribution >= 0.6 is 0 Å². The van der Waals surface area contributed by atoms with Crippen LogP contribution in [0.1, 0.15) is 18.0 Å². The highest BCUT2D eigenvalue weighted by atomic mass is 19.1. The van der Waals surface area contributed by atoms with E-state index in [-0.39, 0.29) is 11.9 Å². The molecule has 1 aromatic heterocycles. The van der Waals surface area contributed by atoms with E-state index in [2.05, 4.69) is 11.9 Å². The van der Waals surface area contributed by atoms with Crippen LogP contribution in [0.25, 0.3) is 10.9 Å². The highest BCUT2D eigenvalue weighted by molar-refractivity contribution is 5.81. The van der Waals surface area contributed by atoms with Crippen LogP contribution in [0.4, 0.5) is 4.39 Å². The fourth-order valence-electron chi connectivity index (χ4n) is 3.20. The molecular weight excluding hydrogens is 241 g/mol. The number of aryl methyl sites for hydroxylation is 1. The molecule has 0 bridgehead atoms. The van der Waals surface area contributed by atoms with Crippen LogP contribution in [-0.4, -0.2) is 29.6 Å². The molecule has 2 atom stereocenters. The van der Waals surface area contributed by atoms with Gasteiger partial charge in [0.15, 0.2) is 0 Å². The zero-order chi connectivity index (χ0) is 13.6. The second kappa shape index (κ2) is 4.62. The molecular formula is C15H20FN3. The van der Waals surface area contributed by atoms with E-state index in [1.165, 1.54) is 0 Å². The molecule has 1 aromatic carbocycles. The Morgan fingerprint density at radius 1 is 1.37 bits per heavy atom. The van der Waals surface area contributed by atoms with Crippen LogP contribution in [0.3, 0.4) is 0 Å². The zero-order valence-corrected chi connectivity index (χ0v) is 11.4. The first-order valence-corrected chi connectivity index (χ1v) is 6.75. The Bertz CT molecular complexity index is 605. The van der Waals surface area contributed by atoms with Crippen molar-refractivity contribution in [1.82, 2.24) is 9.47 Å². The summed E-state index contributed by atoms with van der Waals surface area (Å²) in [6.07, 6.45) is 2.91. The van der Waals surface area contributed by atoms with Gasteiger partial charge in [0.25, 0.3) is 0 Å².